The maximum Gasteiger partial charge on any atom is 0.324 e. The molecule has 0 unspecified atom stereocenters. The number of carbonyl (C=O) groups is 1. The van der Waals surface area contributed by atoms with Crippen LogP contribution in [0.4, 0.5) is 16.3 Å². The molecule has 0 bridgehead atoms. The number of carbonyl (C=O) groups excluding carboxylic acids is 1. The monoisotopic (exact) mass is 243 g/mol. The van der Waals surface area contributed by atoms with E-state index in [2.05, 4.69) is 15.6 Å². The van der Waals surface area contributed by atoms with Gasteiger partial charge in [0.1, 0.15) is 5.82 Å². The number of hydrogen-bond donors (Lipinski definition) is 3. The summed E-state index contributed by atoms with van der Waals surface area (Å²) >= 11 is 0. The third-order valence-electron chi connectivity index (χ3n) is 2.30. The van der Waals surface area contributed by atoms with Crippen molar-refractivity contribution in [2.24, 2.45) is 0 Å². The quantitative estimate of drug-likeness (QED) is 0.773. The molecule has 2 aromatic rings. The number of hydrogen-bond acceptors (Lipinski definition) is 3. The molecule has 0 aliphatic carbocycles. The molecule has 3 N–H and O–H groups in total. The van der Waals surface area contributed by atoms with E-state index >= 15 is 0 Å². The van der Waals surface area contributed by atoms with Crippen LogP contribution in [0.5, 0.6) is 0 Å². The fourth-order valence-corrected chi connectivity index (χ4v) is 1.41. The van der Waals surface area contributed by atoms with Crippen LogP contribution in [-0.2, 0) is 6.61 Å². The van der Waals surface area contributed by atoms with E-state index in [0.717, 1.165) is 5.56 Å². The molecule has 0 radical (unpaired) electrons. The van der Waals surface area contributed by atoms with E-state index in [0.29, 0.717) is 11.5 Å². The molecule has 1 aromatic carbocycles. The van der Waals surface area contributed by atoms with E-state index in [4.69, 9.17) is 5.11 Å². The highest BCUT2D eigenvalue weighted by atomic mass is 16.3. The van der Waals surface area contributed by atoms with Gasteiger partial charge in [-0.2, -0.15) is 0 Å². The van der Waals surface area contributed by atoms with E-state index in [1.54, 1.807) is 48.7 Å². The molecule has 0 spiro atoms. The Morgan fingerprint density at radius 3 is 2.50 bits per heavy atom. The normalized spacial score (nSPS) is 9.83. The summed E-state index contributed by atoms with van der Waals surface area (Å²) in [7, 11) is 0. The van der Waals surface area contributed by atoms with Crippen molar-refractivity contribution in [3.05, 3.63) is 54.2 Å². The van der Waals surface area contributed by atoms with Gasteiger partial charge in [-0.3, -0.25) is 5.32 Å². The van der Waals surface area contributed by atoms with Crippen LogP contribution in [0, 0.1) is 0 Å². The lowest BCUT2D eigenvalue weighted by Gasteiger charge is -2.07. The number of pyridine rings is 1. The van der Waals surface area contributed by atoms with E-state index in [-0.39, 0.29) is 12.6 Å². The Morgan fingerprint density at radius 2 is 1.89 bits per heavy atom. The van der Waals surface area contributed by atoms with Gasteiger partial charge >= 0.3 is 6.03 Å². The molecular formula is C13H13N3O2. The van der Waals surface area contributed by atoms with Crippen molar-refractivity contribution in [1.82, 2.24) is 4.98 Å². The lowest BCUT2D eigenvalue weighted by atomic mass is 10.2. The number of urea groups is 1. The zero-order valence-corrected chi connectivity index (χ0v) is 9.63. The van der Waals surface area contributed by atoms with Crippen molar-refractivity contribution in [2.75, 3.05) is 10.6 Å². The van der Waals surface area contributed by atoms with Crippen LogP contribution in [0.25, 0.3) is 0 Å². The number of nitrogens with zero attached hydrogens (tertiary/aromatic N) is 1. The molecular weight excluding hydrogens is 230 g/mol. The molecule has 0 saturated heterocycles. The van der Waals surface area contributed by atoms with Crippen molar-refractivity contribution in [2.45, 2.75) is 6.61 Å². The van der Waals surface area contributed by atoms with Crippen LogP contribution >= 0.6 is 0 Å². The maximum atomic E-state index is 11.6. The van der Waals surface area contributed by atoms with Crippen LogP contribution in [0.1, 0.15) is 5.56 Å². The number of rotatable bonds is 3. The molecule has 0 aliphatic heterocycles. The smallest absolute Gasteiger partial charge is 0.324 e. The summed E-state index contributed by atoms with van der Waals surface area (Å²) in [6.45, 7) is -0.0135. The number of benzene rings is 1. The minimum absolute atomic E-state index is 0.0135. The van der Waals surface area contributed by atoms with E-state index in [1.807, 2.05) is 0 Å². The van der Waals surface area contributed by atoms with Crippen molar-refractivity contribution < 1.29 is 9.90 Å². The number of amides is 2. The summed E-state index contributed by atoms with van der Waals surface area (Å²) < 4.78 is 0. The van der Waals surface area contributed by atoms with Gasteiger partial charge in [0.2, 0.25) is 0 Å². The highest BCUT2D eigenvalue weighted by Crippen LogP contribution is 2.10. The molecule has 2 rings (SSSR count). The Morgan fingerprint density at radius 1 is 1.11 bits per heavy atom. The molecule has 1 heterocycles. The molecule has 2 amide bonds. The van der Waals surface area contributed by atoms with Crippen LogP contribution in [0.15, 0.2) is 48.7 Å². The first kappa shape index (κ1) is 12.1. The lowest BCUT2D eigenvalue weighted by Crippen LogP contribution is -2.19. The molecule has 5 heteroatoms. The Balaban J connectivity index is 1.94. The minimum Gasteiger partial charge on any atom is -0.392 e. The van der Waals surface area contributed by atoms with Gasteiger partial charge in [-0.1, -0.05) is 18.2 Å². The second kappa shape index (κ2) is 5.79. The third kappa shape index (κ3) is 3.29. The summed E-state index contributed by atoms with van der Waals surface area (Å²) in [4.78, 5) is 15.6. The fourth-order valence-electron chi connectivity index (χ4n) is 1.41. The van der Waals surface area contributed by atoms with Gasteiger partial charge in [0.15, 0.2) is 0 Å². The van der Waals surface area contributed by atoms with Crippen molar-refractivity contribution in [3.8, 4) is 0 Å². The Labute approximate surface area is 104 Å². The Bertz CT molecular complexity index is 512. The average Bonchev–Trinajstić information content (AvgIpc) is 2.40. The number of aliphatic hydroxyl groups excluding tert-OH is 1. The van der Waals surface area contributed by atoms with Crippen LogP contribution in [0.3, 0.4) is 0 Å². The molecule has 0 fully saturated rings. The van der Waals surface area contributed by atoms with Gasteiger partial charge in [0, 0.05) is 11.9 Å². The summed E-state index contributed by atoms with van der Waals surface area (Å²) in [5, 5.41) is 14.2. The topological polar surface area (TPSA) is 74.2 Å². The largest absolute Gasteiger partial charge is 0.392 e. The van der Waals surface area contributed by atoms with Crippen LogP contribution in [-0.4, -0.2) is 16.1 Å². The summed E-state index contributed by atoms with van der Waals surface area (Å²) in [5.74, 6) is 0.488. The third-order valence-corrected chi connectivity index (χ3v) is 2.30. The first-order valence-corrected chi connectivity index (χ1v) is 5.47. The van der Waals surface area contributed by atoms with Gasteiger partial charge in [-0.25, -0.2) is 9.78 Å². The predicted octanol–water partition coefficient (Wildman–Crippen LogP) is 2.22. The Kier molecular flexibility index (Phi) is 3.88. The van der Waals surface area contributed by atoms with E-state index in [1.165, 1.54) is 0 Å². The second-order valence-electron chi connectivity index (χ2n) is 3.65. The zero-order chi connectivity index (χ0) is 12.8. The lowest BCUT2D eigenvalue weighted by molar-refractivity contribution is 0.262. The number of aromatic nitrogens is 1. The molecule has 92 valence electrons. The van der Waals surface area contributed by atoms with E-state index in [9.17, 15) is 4.79 Å². The van der Waals surface area contributed by atoms with Gasteiger partial charge in [0.25, 0.3) is 0 Å². The summed E-state index contributed by atoms with van der Waals surface area (Å²) in [6.07, 6.45) is 1.60. The van der Waals surface area contributed by atoms with Gasteiger partial charge in [0.05, 0.1) is 6.61 Å². The van der Waals surface area contributed by atoms with Crippen LogP contribution in [0.2, 0.25) is 0 Å². The number of anilines is 2. The van der Waals surface area contributed by atoms with Crippen molar-refractivity contribution in [1.29, 1.82) is 0 Å². The first-order chi connectivity index (χ1) is 8.78. The number of nitrogens with one attached hydrogen (secondary N) is 2. The zero-order valence-electron chi connectivity index (χ0n) is 9.63. The molecule has 5 nitrogen and oxygen atoms in total. The molecule has 0 saturated carbocycles. The molecule has 0 atom stereocenters. The molecule has 18 heavy (non-hydrogen) atoms. The SMILES string of the molecule is O=C(Nc1ccc(CO)cc1)Nc1ccccn1. The standard InChI is InChI=1S/C13H13N3O2/c17-9-10-4-6-11(7-5-10)15-13(18)16-12-3-1-2-8-14-12/h1-8,17H,9H2,(H2,14,15,16,18). The highest BCUT2D eigenvalue weighted by Gasteiger charge is 2.02. The highest BCUT2D eigenvalue weighted by molar-refractivity contribution is 5.99. The van der Waals surface area contributed by atoms with Gasteiger partial charge in [-0.05, 0) is 29.8 Å². The van der Waals surface area contributed by atoms with Crippen molar-refractivity contribution >= 4 is 17.5 Å². The van der Waals surface area contributed by atoms with Gasteiger partial charge < -0.3 is 10.4 Å². The van der Waals surface area contributed by atoms with Crippen molar-refractivity contribution in [3.63, 3.8) is 0 Å². The second-order valence-corrected chi connectivity index (χ2v) is 3.65. The fraction of sp³-hybridized carbons (Fsp3) is 0.0769. The maximum absolute atomic E-state index is 11.6. The van der Waals surface area contributed by atoms with E-state index < -0.39 is 0 Å². The van der Waals surface area contributed by atoms with Crippen LogP contribution < -0.4 is 10.6 Å². The first-order valence-electron chi connectivity index (χ1n) is 5.47. The predicted molar refractivity (Wildman–Crippen MR) is 69.2 cm³/mol. The number of aliphatic hydroxyl groups is 1. The minimum atomic E-state index is -0.356. The van der Waals surface area contributed by atoms with Gasteiger partial charge in [-0.15, -0.1) is 0 Å². The average molecular weight is 243 g/mol. The Hall–Kier alpha value is -2.40. The summed E-state index contributed by atoms with van der Waals surface area (Å²) in [5.41, 5.74) is 1.45. The molecule has 1 aromatic heterocycles. The summed E-state index contributed by atoms with van der Waals surface area (Å²) in [6, 6.07) is 11.9. The molecule has 0 aliphatic rings.